The molecule has 0 aliphatic carbocycles. The number of thiophene rings is 1. The highest BCUT2D eigenvalue weighted by atomic mass is 32.1. The predicted octanol–water partition coefficient (Wildman–Crippen LogP) is 3.12. The number of aliphatic imine (C=N–C) groups is 1. The Hall–Kier alpha value is -2.38. The van der Waals surface area contributed by atoms with Gasteiger partial charge in [0.2, 0.25) is 0 Å². The van der Waals surface area contributed by atoms with E-state index < -0.39 is 0 Å². The number of likely N-dealkylation sites (tertiary alicyclic amines) is 1. The number of carbonyl (C=O) groups is 1. The van der Waals surface area contributed by atoms with Gasteiger partial charge in [0, 0.05) is 43.7 Å². The van der Waals surface area contributed by atoms with E-state index in [0.717, 1.165) is 57.2 Å². The van der Waals surface area contributed by atoms with Gasteiger partial charge >= 0.3 is 0 Å². The average molecular weight is 442 g/mol. The van der Waals surface area contributed by atoms with Gasteiger partial charge in [-0.25, -0.2) is 0 Å². The second-order valence-electron chi connectivity index (χ2n) is 7.97. The number of amides is 1. The molecule has 1 aliphatic rings. The van der Waals surface area contributed by atoms with Crippen LogP contribution < -0.4 is 16.0 Å². The van der Waals surface area contributed by atoms with Crippen LogP contribution in [0, 0.1) is 5.92 Å². The molecular formula is C24H35N5OS. The SMILES string of the molecule is CCNC(=NCC1CCN(Cc2cccs2)CC1)NCCc1cccc(C(=O)NC)c1. The minimum Gasteiger partial charge on any atom is -0.357 e. The molecule has 0 bridgehead atoms. The Labute approximate surface area is 190 Å². The summed E-state index contributed by atoms with van der Waals surface area (Å²) in [6.07, 6.45) is 3.26. The van der Waals surface area contributed by atoms with Crippen molar-refractivity contribution < 1.29 is 4.79 Å². The standard InChI is InChI=1S/C24H35N5OS/c1-3-26-24(27-12-9-19-6-4-7-21(16-19)23(30)25-2)28-17-20-10-13-29(14-11-20)18-22-8-5-15-31-22/h4-8,15-16,20H,3,9-14,17-18H2,1-2H3,(H,25,30)(H2,26,27,28). The van der Waals surface area contributed by atoms with E-state index in [4.69, 9.17) is 4.99 Å². The number of hydrogen-bond acceptors (Lipinski definition) is 4. The van der Waals surface area contributed by atoms with Crippen molar-refractivity contribution in [2.75, 3.05) is 39.8 Å². The topological polar surface area (TPSA) is 68.8 Å². The van der Waals surface area contributed by atoms with Crippen LogP contribution in [-0.2, 0) is 13.0 Å². The van der Waals surface area contributed by atoms with Crippen LogP contribution in [0.5, 0.6) is 0 Å². The van der Waals surface area contributed by atoms with Crippen LogP contribution >= 0.6 is 11.3 Å². The van der Waals surface area contributed by atoms with Crippen molar-refractivity contribution in [3.8, 4) is 0 Å². The first-order valence-corrected chi connectivity index (χ1v) is 12.1. The molecule has 168 valence electrons. The van der Waals surface area contributed by atoms with Crippen LogP contribution in [0.3, 0.4) is 0 Å². The van der Waals surface area contributed by atoms with Gasteiger partial charge in [-0.1, -0.05) is 18.2 Å². The second-order valence-corrected chi connectivity index (χ2v) is 9.01. The molecule has 2 heterocycles. The molecule has 1 aliphatic heterocycles. The van der Waals surface area contributed by atoms with Crippen LogP contribution in [0.4, 0.5) is 0 Å². The highest BCUT2D eigenvalue weighted by Crippen LogP contribution is 2.20. The maximum atomic E-state index is 11.8. The molecule has 1 amide bonds. The Bertz CT molecular complexity index is 828. The van der Waals surface area contributed by atoms with E-state index in [0.29, 0.717) is 11.5 Å². The van der Waals surface area contributed by atoms with Gasteiger partial charge in [-0.3, -0.25) is 14.7 Å². The third-order valence-electron chi connectivity index (χ3n) is 5.64. The highest BCUT2D eigenvalue weighted by Gasteiger charge is 2.19. The van der Waals surface area contributed by atoms with Gasteiger partial charge in [-0.05, 0) is 74.3 Å². The molecule has 1 fully saturated rings. The summed E-state index contributed by atoms with van der Waals surface area (Å²) in [5, 5.41) is 11.6. The van der Waals surface area contributed by atoms with Gasteiger partial charge in [0.15, 0.2) is 5.96 Å². The quantitative estimate of drug-likeness (QED) is 0.413. The summed E-state index contributed by atoms with van der Waals surface area (Å²) in [6, 6.07) is 12.1. The first-order chi connectivity index (χ1) is 15.2. The van der Waals surface area contributed by atoms with E-state index in [1.54, 1.807) is 7.05 Å². The molecule has 1 aromatic carbocycles. The van der Waals surface area contributed by atoms with Crippen molar-refractivity contribution >= 4 is 23.2 Å². The normalized spacial score (nSPS) is 15.6. The molecule has 0 atom stereocenters. The van der Waals surface area contributed by atoms with Crippen LogP contribution in [0.1, 0.15) is 40.6 Å². The monoisotopic (exact) mass is 441 g/mol. The van der Waals surface area contributed by atoms with Crippen LogP contribution in [0.15, 0.2) is 46.8 Å². The van der Waals surface area contributed by atoms with Crippen LogP contribution in [0.25, 0.3) is 0 Å². The van der Waals surface area contributed by atoms with E-state index in [1.165, 1.54) is 17.7 Å². The summed E-state index contributed by atoms with van der Waals surface area (Å²) < 4.78 is 0. The van der Waals surface area contributed by atoms with Crippen molar-refractivity contribution in [1.29, 1.82) is 0 Å². The molecule has 7 heteroatoms. The largest absolute Gasteiger partial charge is 0.357 e. The smallest absolute Gasteiger partial charge is 0.251 e. The van der Waals surface area contributed by atoms with Crippen LogP contribution in [-0.4, -0.2) is 56.5 Å². The Morgan fingerprint density at radius 1 is 1.19 bits per heavy atom. The number of rotatable bonds is 9. The average Bonchev–Trinajstić information content (AvgIpc) is 3.31. The van der Waals surface area contributed by atoms with E-state index in [1.807, 2.05) is 29.5 Å². The molecule has 0 unspecified atom stereocenters. The molecule has 2 aromatic rings. The lowest BCUT2D eigenvalue weighted by Gasteiger charge is -2.31. The molecule has 0 spiro atoms. The molecule has 3 N–H and O–H groups in total. The predicted molar refractivity (Wildman–Crippen MR) is 130 cm³/mol. The minimum atomic E-state index is -0.0499. The lowest BCUT2D eigenvalue weighted by molar-refractivity contribution is 0.0963. The summed E-state index contributed by atoms with van der Waals surface area (Å²) >= 11 is 1.85. The van der Waals surface area contributed by atoms with Crippen molar-refractivity contribution in [2.45, 2.75) is 32.7 Å². The number of nitrogens with zero attached hydrogens (tertiary/aromatic N) is 2. The number of nitrogens with one attached hydrogen (secondary N) is 3. The summed E-state index contributed by atoms with van der Waals surface area (Å²) in [4.78, 5) is 20.7. The number of benzene rings is 1. The lowest BCUT2D eigenvalue weighted by Crippen LogP contribution is -2.39. The van der Waals surface area contributed by atoms with Gasteiger partial charge < -0.3 is 16.0 Å². The number of guanidine groups is 1. The molecule has 0 saturated carbocycles. The van der Waals surface area contributed by atoms with Crippen LogP contribution in [0.2, 0.25) is 0 Å². The fourth-order valence-corrected chi connectivity index (χ4v) is 4.60. The first kappa shape index (κ1) is 23.3. The molecule has 3 rings (SSSR count). The Morgan fingerprint density at radius 2 is 2.03 bits per heavy atom. The first-order valence-electron chi connectivity index (χ1n) is 11.3. The van der Waals surface area contributed by atoms with Crippen molar-refractivity contribution in [2.24, 2.45) is 10.9 Å². The zero-order valence-electron chi connectivity index (χ0n) is 18.7. The Kier molecular flexibility index (Phi) is 9.37. The number of hydrogen-bond donors (Lipinski definition) is 3. The third kappa shape index (κ3) is 7.67. The summed E-state index contributed by atoms with van der Waals surface area (Å²) in [7, 11) is 1.66. The highest BCUT2D eigenvalue weighted by molar-refractivity contribution is 7.09. The van der Waals surface area contributed by atoms with E-state index in [-0.39, 0.29) is 5.91 Å². The van der Waals surface area contributed by atoms with Gasteiger partial charge in [-0.2, -0.15) is 0 Å². The molecule has 31 heavy (non-hydrogen) atoms. The third-order valence-corrected chi connectivity index (χ3v) is 6.50. The summed E-state index contributed by atoms with van der Waals surface area (Å²) in [6.45, 7) is 7.98. The van der Waals surface area contributed by atoms with Crippen molar-refractivity contribution in [3.63, 3.8) is 0 Å². The Balaban J connectivity index is 1.42. The maximum Gasteiger partial charge on any atom is 0.251 e. The van der Waals surface area contributed by atoms with E-state index in [9.17, 15) is 4.79 Å². The maximum absolute atomic E-state index is 11.8. The van der Waals surface area contributed by atoms with Crippen molar-refractivity contribution in [3.05, 3.63) is 57.8 Å². The Morgan fingerprint density at radius 3 is 2.74 bits per heavy atom. The van der Waals surface area contributed by atoms with Crippen molar-refractivity contribution in [1.82, 2.24) is 20.9 Å². The molecule has 1 aromatic heterocycles. The van der Waals surface area contributed by atoms with E-state index in [2.05, 4.69) is 51.4 Å². The number of piperidine rings is 1. The minimum absolute atomic E-state index is 0.0499. The van der Waals surface area contributed by atoms with Gasteiger partial charge in [0.05, 0.1) is 0 Å². The molecule has 6 nitrogen and oxygen atoms in total. The summed E-state index contributed by atoms with van der Waals surface area (Å²) in [5.74, 6) is 1.48. The second kappa shape index (κ2) is 12.5. The fraction of sp³-hybridized carbons (Fsp3) is 0.500. The zero-order valence-corrected chi connectivity index (χ0v) is 19.5. The van der Waals surface area contributed by atoms with Gasteiger partial charge in [-0.15, -0.1) is 11.3 Å². The fourth-order valence-electron chi connectivity index (χ4n) is 3.85. The number of carbonyl (C=O) groups excluding carboxylic acids is 1. The summed E-state index contributed by atoms with van der Waals surface area (Å²) in [5.41, 5.74) is 1.84. The zero-order chi connectivity index (χ0) is 21.9. The molecule has 1 saturated heterocycles. The lowest BCUT2D eigenvalue weighted by atomic mass is 9.97. The van der Waals surface area contributed by atoms with E-state index >= 15 is 0 Å². The van der Waals surface area contributed by atoms with Gasteiger partial charge in [0.1, 0.15) is 0 Å². The molecular weight excluding hydrogens is 406 g/mol. The molecule has 0 radical (unpaired) electrons. The van der Waals surface area contributed by atoms with Gasteiger partial charge in [0.25, 0.3) is 5.91 Å².